The third-order valence-electron chi connectivity index (χ3n) is 4.15. The van der Waals surface area contributed by atoms with Crippen molar-refractivity contribution in [3.63, 3.8) is 0 Å². The fourth-order valence-electron chi connectivity index (χ4n) is 2.97. The molecule has 114 valence electrons. The Kier molecular flexibility index (Phi) is 6.10. The van der Waals surface area contributed by atoms with Gasteiger partial charge in [0.2, 0.25) is 0 Å². The number of hydrogen-bond acceptors (Lipinski definition) is 3. The lowest BCUT2D eigenvalue weighted by molar-refractivity contribution is 0.164. The number of aliphatic hydroxyl groups excluding tert-OH is 1. The Morgan fingerprint density at radius 3 is 3.00 bits per heavy atom. The van der Waals surface area contributed by atoms with Crippen LogP contribution in [0.3, 0.4) is 0 Å². The molecule has 0 saturated carbocycles. The number of aliphatic hydroxyl groups is 1. The monoisotopic (exact) mass is 287 g/mol. The first-order valence-electron chi connectivity index (χ1n) is 7.75. The highest BCUT2D eigenvalue weighted by Gasteiger charge is 2.18. The molecule has 1 atom stereocenters. The Morgan fingerprint density at radius 2 is 2.29 bits per heavy atom. The molecular weight excluding hydrogens is 262 g/mol. The highest BCUT2D eigenvalue weighted by Crippen LogP contribution is 2.23. The van der Waals surface area contributed by atoms with Gasteiger partial charge in [-0.2, -0.15) is 0 Å². The predicted molar refractivity (Wildman–Crippen MR) is 85.2 cm³/mol. The van der Waals surface area contributed by atoms with Gasteiger partial charge in [-0.25, -0.2) is 0 Å². The zero-order chi connectivity index (χ0) is 15.1. The molecule has 3 nitrogen and oxygen atoms in total. The predicted octanol–water partition coefficient (Wildman–Crippen LogP) is 2.66. The highest BCUT2D eigenvalue weighted by molar-refractivity contribution is 5.48. The number of nitrogens with zero attached hydrogens (tertiary/aromatic N) is 1. The maximum atomic E-state index is 8.86. The molecule has 1 N–H and O–H groups in total. The van der Waals surface area contributed by atoms with E-state index in [4.69, 9.17) is 9.84 Å². The standard InChI is InChI=1S/C18H25NO2/c1-3-15-6-4-10-19(13-15)14-16-8-9-18(21-2)17(12-16)7-5-11-20/h8-9,12,15,20H,3-4,6,10-11,13-14H2,1-2H3. The number of benzene rings is 1. The summed E-state index contributed by atoms with van der Waals surface area (Å²) in [7, 11) is 1.65. The molecule has 0 spiro atoms. The van der Waals surface area contributed by atoms with E-state index in [9.17, 15) is 0 Å². The van der Waals surface area contributed by atoms with Gasteiger partial charge < -0.3 is 9.84 Å². The topological polar surface area (TPSA) is 32.7 Å². The molecule has 1 unspecified atom stereocenters. The van der Waals surface area contributed by atoms with Crippen LogP contribution in [0.25, 0.3) is 0 Å². The van der Waals surface area contributed by atoms with Crippen LogP contribution in [0, 0.1) is 17.8 Å². The highest BCUT2D eigenvalue weighted by atomic mass is 16.5. The lowest BCUT2D eigenvalue weighted by atomic mass is 9.95. The number of methoxy groups -OCH3 is 1. The van der Waals surface area contributed by atoms with Crippen molar-refractivity contribution < 1.29 is 9.84 Å². The molecule has 0 radical (unpaired) electrons. The quantitative estimate of drug-likeness (QED) is 0.864. The molecule has 0 bridgehead atoms. The van der Waals surface area contributed by atoms with Crippen molar-refractivity contribution in [1.29, 1.82) is 0 Å². The van der Waals surface area contributed by atoms with Crippen LogP contribution in [-0.4, -0.2) is 36.8 Å². The van der Waals surface area contributed by atoms with Gasteiger partial charge in [-0.05, 0) is 43.0 Å². The van der Waals surface area contributed by atoms with Crippen molar-refractivity contribution in [3.8, 4) is 17.6 Å². The third kappa shape index (κ3) is 4.49. The average Bonchev–Trinajstić information content (AvgIpc) is 2.53. The van der Waals surface area contributed by atoms with Crippen molar-refractivity contribution in [3.05, 3.63) is 29.3 Å². The SMILES string of the molecule is CCC1CCCN(Cc2ccc(OC)c(C#CCO)c2)C1. The van der Waals surface area contributed by atoms with Gasteiger partial charge in [-0.1, -0.05) is 31.3 Å². The molecule has 3 heteroatoms. The molecule has 2 rings (SSSR count). The Labute approximate surface area is 127 Å². The van der Waals surface area contributed by atoms with Gasteiger partial charge in [-0.3, -0.25) is 4.90 Å². The van der Waals surface area contributed by atoms with Crippen LogP contribution in [0.4, 0.5) is 0 Å². The fraction of sp³-hybridized carbons (Fsp3) is 0.556. The van der Waals surface area contributed by atoms with Crippen LogP contribution < -0.4 is 4.74 Å². The van der Waals surface area contributed by atoms with Crippen LogP contribution in [0.1, 0.15) is 37.3 Å². The van der Waals surface area contributed by atoms with Gasteiger partial charge >= 0.3 is 0 Å². The Bertz CT molecular complexity index is 516. The number of likely N-dealkylation sites (tertiary alicyclic amines) is 1. The molecule has 0 aliphatic carbocycles. The fourth-order valence-corrected chi connectivity index (χ4v) is 2.97. The van der Waals surface area contributed by atoms with Crippen molar-refractivity contribution in [1.82, 2.24) is 4.90 Å². The minimum atomic E-state index is -0.127. The molecule has 1 aliphatic heterocycles. The van der Waals surface area contributed by atoms with Crippen LogP contribution in [0.5, 0.6) is 5.75 Å². The number of piperidine rings is 1. The van der Waals surface area contributed by atoms with Gasteiger partial charge in [0.05, 0.1) is 12.7 Å². The van der Waals surface area contributed by atoms with E-state index < -0.39 is 0 Å². The summed E-state index contributed by atoms with van der Waals surface area (Å²) in [4.78, 5) is 2.53. The van der Waals surface area contributed by atoms with Crippen LogP contribution in [0.2, 0.25) is 0 Å². The van der Waals surface area contributed by atoms with Gasteiger partial charge in [0.1, 0.15) is 12.4 Å². The first kappa shape index (κ1) is 15.9. The zero-order valence-electron chi connectivity index (χ0n) is 13.1. The number of ether oxygens (including phenoxy) is 1. The van der Waals surface area contributed by atoms with Crippen molar-refractivity contribution in [2.75, 3.05) is 26.8 Å². The molecule has 1 aliphatic rings. The molecule has 1 fully saturated rings. The molecule has 0 aromatic heterocycles. The maximum absolute atomic E-state index is 8.86. The molecule has 1 aromatic carbocycles. The second kappa shape index (κ2) is 8.07. The number of rotatable bonds is 4. The summed E-state index contributed by atoms with van der Waals surface area (Å²) < 4.78 is 5.32. The minimum absolute atomic E-state index is 0.127. The number of hydrogen-bond donors (Lipinski definition) is 1. The lowest BCUT2D eigenvalue weighted by Crippen LogP contribution is -2.34. The first-order valence-corrected chi connectivity index (χ1v) is 7.75. The summed E-state index contributed by atoms with van der Waals surface area (Å²) in [5.41, 5.74) is 2.11. The van der Waals surface area contributed by atoms with E-state index in [2.05, 4.69) is 35.8 Å². The van der Waals surface area contributed by atoms with Crippen molar-refractivity contribution in [2.45, 2.75) is 32.7 Å². The summed E-state index contributed by atoms with van der Waals surface area (Å²) in [6.45, 7) is 5.50. The second-order valence-electron chi connectivity index (χ2n) is 5.65. The minimum Gasteiger partial charge on any atom is -0.495 e. The largest absolute Gasteiger partial charge is 0.495 e. The van der Waals surface area contributed by atoms with Gasteiger partial charge in [0, 0.05) is 13.1 Å². The van der Waals surface area contributed by atoms with Gasteiger partial charge in [0.15, 0.2) is 0 Å². The van der Waals surface area contributed by atoms with Gasteiger partial charge in [-0.15, -0.1) is 0 Å². The van der Waals surface area contributed by atoms with E-state index in [0.29, 0.717) is 0 Å². The van der Waals surface area contributed by atoms with Crippen molar-refractivity contribution >= 4 is 0 Å². The molecule has 1 saturated heterocycles. The summed E-state index contributed by atoms with van der Waals surface area (Å²) in [6.07, 6.45) is 3.93. The van der Waals surface area contributed by atoms with E-state index in [0.717, 1.165) is 23.8 Å². The van der Waals surface area contributed by atoms with Crippen molar-refractivity contribution in [2.24, 2.45) is 5.92 Å². The van der Waals surface area contributed by atoms with E-state index in [1.807, 2.05) is 6.07 Å². The zero-order valence-corrected chi connectivity index (χ0v) is 13.1. The molecule has 1 aromatic rings. The summed E-state index contributed by atoms with van der Waals surface area (Å²) in [5, 5.41) is 8.86. The Hall–Kier alpha value is -1.50. The van der Waals surface area contributed by atoms with Crippen LogP contribution in [0.15, 0.2) is 18.2 Å². The normalized spacial score (nSPS) is 18.9. The average molecular weight is 287 g/mol. The smallest absolute Gasteiger partial charge is 0.134 e. The molecule has 0 amide bonds. The maximum Gasteiger partial charge on any atom is 0.134 e. The van der Waals surface area contributed by atoms with Crippen LogP contribution >= 0.6 is 0 Å². The first-order chi connectivity index (χ1) is 10.3. The summed E-state index contributed by atoms with van der Waals surface area (Å²) in [5.74, 6) is 7.27. The molecular formula is C18H25NO2. The van der Waals surface area contributed by atoms with Gasteiger partial charge in [0.25, 0.3) is 0 Å². The summed E-state index contributed by atoms with van der Waals surface area (Å²) >= 11 is 0. The Balaban J connectivity index is 2.09. The van der Waals surface area contributed by atoms with E-state index in [1.165, 1.54) is 37.9 Å². The van der Waals surface area contributed by atoms with E-state index >= 15 is 0 Å². The van der Waals surface area contributed by atoms with Crippen LogP contribution in [-0.2, 0) is 6.54 Å². The lowest BCUT2D eigenvalue weighted by Gasteiger charge is -2.32. The molecule has 21 heavy (non-hydrogen) atoms. The summed E-state index contributed by atoms with van der Waals surface area (Å²) in [6, 6.07) is 6.16. The third-order valence-corrected chi connectivity index (χ3v) is 4.15. The Morgan fingerprint density at radius 1 is 1.43 bits per heavy atom. The van der Waals surface area contributed by atoms with E-state index in [-0.39, 0.29) is 6.61 Å². The van der Waals surface area contributed by atoms with E-state index in [1.54, 1.807) is 7.11 Å². The second-order valence-corrected chi connectivity index (χ2v) is 5.65. The molecule has 1 heterocycles.